The van der Waals surface area contributed by atoms with Crippen molar-refractivity contribution in [2.45, 2.75) is 44.8 Å². The fourth-order valence-corrected chi connectivity index (χ4v) is 3.05. The number of anilines is 1. The second kappa shape index (κ2) is 7.88. The Morgan fingerprint density at radius 1 is 1.29 bits per heavy atom. The third kappa shape index (κ3) is 4.63. The standard InChI is InChI=1S/C19H28N2O3/c1-14(24-13-15-6-7-15)19(22)20-16-8-10-21(11-9-16)17-4-3-5-18(12-17)23-2/h3-5,12,14-16H,6-11,13H2,1-2H3,(H,20,22)/t14-/m1/s1. The van der Waals surface area contributed by atoms with Gasteiger partial charge >= 0.3 is 0 Å². The molecule has 2 aliphatic rings. The van der Waals surface area contributed by atoms with Gasteiger partial charge in [-0.25, -0.2) is 0 Å². The summed E-state index contributed by atoms with van der Waals surface area (Å²) >= 11 is 0. The molecule has 132 valence electrons. The van der Waals surface area contributed by atoms with Crippen molar-refractivity contribution in [1.29, 1.82) is 0 Å². The quantitative estimate of drug-likeness (QED) is 0.834. The molecular weight excluding hydrogens is 304 g/mol. The Morgan fingerprint density at radius 2 is 2.04 bits per heavy atom. The fraction of sp³-hybridized carbons (Fsp3) is 0.632. The summed E-state index contributed by atoms with van der Waals surface area (Å²) in [6.45, 7) is 4.46. The second-order valence-corrected chi connectivity index (χ2v) is 6.89. The molecule has 1 aliphatic heterocycles. The van der Waals surface area contributed by atoms with Crippen LogP contribution in [0.25, 0.3) is 0 Å². The van der Waals surface area contributed by atoms with Crippen LogP contribution in [-0.2, 0) is 9.53 Å². The average molecular weight is 332 g/mol. The number of ether oxygens (including phenoxy) is 2. The first-order valence-electron chi connectivity index (χ1n) is 8.96. The molecule has 0 bridgehead atoms. The van der Waals surface area contributed by atoms with Crippen LogP contribution in [0.3, 0.4) is 0 Å². The summed E-state index contributed by atoms with van der Waals surface area (Å²) in [6.07, 6.45) is 4.06. The number of carbonyl (C=O) groups excluding carboxylic acids is 1. The summed E-state index contributed by atoms with van der Waals surface area (Å²) in [4.78, 5) is 14.6. The Bertz CT molecular complexity index is 551. The highest BCUT2D eigenvalue weighted by Crippen LogP contribution is 2.29. The molecule has 3 rings (SSSR count). The molecule has 1 atom stereocenters. The lowest BCUT2D eigenvalue weighted by Gasteiger charge is -2.34. The number of hydrogen-bond donors (Lipinski definition) is 1. The van der Waals surface area contributed by atoms with Gasteiger partial charge in [0.05, 0.1) is 13.7 Å². The van der Waals surface area contributed by atoms with E-state index in [1.54, 1.807) is 7.11 Å². The Hall–Kier alpha value is -1.75. The molecule has 0 radical (unpaired) electrons. The molecule has 5 heteroatoms. The average Bonchev–Trinajstić information content (AvgIpc) is 3.44. The number of benzene rings is 1. The first kappa shape index (κ1) is 17.1. The minimum absolute atomic E-state index is 0.0236. The lowest BCUT2D eigenvalue weighted by molar-refractivity contribution is -0.132. The summed E-state index contributed by atoms with van der Waals surface area (Å²) in [5.74, 6) is 1.59. The van der Waals surface area contributed by atoms with Gasteiger partial charge in [-0.3, -0.25) is 4.79 Å². The van der Waals surface area contributed by atoms with Crippen LogP contribution >= 0.6 is 0 Å². The van der Waals surface area contributed by atoms with Gasteiger partial charge in [0.2, 0.25) is 5.91 Å². The molecule has 1 saturated carbocycles. The molecule has 1 heterocycles. The first-order valence-corrected chi connectivity index (χ1v) is 8.96. The van der Waals surface area contributed by atoms with Gasteiger partial charge in [0.15, 0.2) is 0 Å². The van der Waals surface area contributed by atoms with E-state index in [-0.39, 0.29) is 18.1 Å². The lowest BCUT2D eigenvalue weighted by Crippen LogP contribution is -2.47. The molecule has 1 N–H and O–H groups in total. The van der Waals surface area contributed by atoms with Gasteiger partial charge in [-0.2, -0.15) is 0 Å². The van der Waals surface area contributed by atoms with Crippen LogP contribution in [0.2, 0.25) is 0 Å². The van der Waals surface area contributed by atoms with Crippen LogP contribution < -0.4 is 15.0 Å². The zero-order chi connectivity index (χ0) is 16.9. The third-order valence-electron chi connectivity index (χ3n) is 4.91. The number of nitrogens with one attached hydrogen (secondary N) is 1. The van der Waals surface area contributed by atoms with E-state index in [1.165, 1.54) is 18.5 Å². The molecule has 5 nitrogen and oxygen atoms in total. The van der Waals surface area contributed by atoms with Crippen LogP contribution in [0.15, 0.2) is 24.3 Å². The molecule has 1 amide bonds. The van der Waals surface area contributed by atoms with Gasteiger partial charge in [-0.05, 0) is 50.7 Å². The first-order chi connectivity index (χ1) is 11.7. The predicted octanol–water partition coefficient (Wildman–Crippen LogP) is 2.60. The number of carbonyl (C=O) groups is 1. The summed E-state index contributed by atoms with van der Waals surface area (Å²) in [6, 6.07) is 8.38. The monoisotopic (exact) mass is 332 g/mol. The maximum absolute atomic E-state index is 12.2. The van der Waals surface area contributed by atoms with Crippen molar-refractivity contribution in [1.82, 2.24) is 5.32 Å². The number of rotatable bonds is 7. The van der Waals surface area contributed by atoms with Crippen molar-refractivity contribution in [3.8, 4) is 5.75 Å². The lowest BCUT2D eigenvalue weighted by atomic mass is 10.0. The molecule has 0 spiro atoms. The maximum atomic E-state index is 12.2. The molecule has 2 fully saturated rings. The van der Waals surface area contributed by atoms with E-state index in [1.807, 2.05) is 19.1 Å². The van der Waals surface area contributed by atoms with E-state index in [9.17, 15) is 4.79 Å². The topological polar surface area (TPSA) is 50.8 Å². The van der Waals surface area contributed by atoms with Gasteiger partial charge in [-0.15, -0.1) is 0 Å². The minimum atomic E-state index is -0.345. The molecule has 1 aliphatic carbocycles. The predicted molar refractivity (Wildman–Crippen MR) is 94.5 cm³/mol. The molecular formula is C19H28N2O3. The zero-order valence-corrected chi connectivity index (χ0v) is 14.7. The highest BCUT2D eigenvalue weighted by molar-refractivity contribution is 5.80. The van der Waals surface area contributed by atoms with Crippen molar-refractivity contribution >= 4 is 11.6 Å². The fourth-order valence-electron chi connectivity index (χ4n) is 3.05. The SMILES string of the molecule is COc1cccc(N2CCC(NC(=O)[C@@H](C)OCC3CC3)CC2)c1. The minimum Gasteiger partial charge on any atom is -0.497 e. The second-order valence-electron chi connectivity index (χ2n) is 6.89. The van der Waals surface area contributed by atoms with Gasteiger partial charge in [0, 0.05) is 30.9 Å². The third-order valence-corrected chi connectivity index (χ3v) is 4.91. The molecule has 1 saturated heterocycles. The highest BCUT2D eigenvalue weighted by atomic mass is 16.5. The molecule has 24 heavy (non-hydrogen) atoms. The summed E-state index contributed by atoms with van der Waals surface area (Å²) < 4.78 is 10.9. The number of piperidine rings is 1. The molecule has 0 aromatic heterocycles. The molecule has 1 aromatic carbocycles. The van der Waals surface area contributed by atoms with Gasteiger partial charge in [0.1, 0.15) is 11.9 Å². The molecule has 0 unspecified atom stereocenters. The van der Waals surface area contributed by atoms with Crippen LogP contribution in [0.1, 0.15) is 32.6 Å². The smallest absolute Gasteiger partial charge is 0.249 e. The van der Waals surface area contributed by atoms with Crippen LogP contribution in [0.4, 0.5) is 5.69 Å². The Balaban J connectivity index is 1.43. The van der Waals surface area contributed by atoms with Crippen LogP contribution in [0, 0.1) is 5.92 Å². The molecule has 1 aromatic rings. The zero-order valence-electron chi connectivity index (χ0n) is 14.7. The van der Waals surface area contributed by atoms with Gasteiger partial charge in [0.25, 0.3) is 0 Å². The number of nitrogens with zero attached hydrogens (tertiary/aromatic N) is 1. The number of methoxy groups -OCH3 is 1. The van der Waals surface area contributed by atoms with Crippen molar-refractivity contribution in [3.63, 3.8) is 0 Å². The van der Waals surface area contributed by atoms with Crippen molar-refractivity contribution in [2.75, 3.05) is 31.7 Å². The Labute approximate surface area is 144 Å². The van der Waals surface area contributed by atoms with E-state index in [0.29, 0.717) is 5.92 Å². The Morgan fingerprint density at radius 3 is 2.71 bits per heavy atom. The number of hydrogen-bond acceptors (Lipinski definition) is 4. The van der Waals surface area contributed by atoms with E-state index in [2.05, 4.69) is 22.3 Å². The summed E-state index contributed by atoms with van der Waals surface area (Å²) in [7, 11) is 1.69. The van der Waals surface area contributed by atoms with Gasteiger partial charge < -0.3 is 19.7 Å². The van der Waals surface area contributed by atoms with E-state index >= 15 is 0 Å². The normalized spacial score (nSPS) is 19.8. The van der Waals surface area contributed by atoms with Crippen molar-refractivity contribution < 1.29 is 14.3 Å². The van der Waals surface area contributed by atoms with Gasteiger partial charge in [-0.1, -0.05) is 6.07 Å². The highest BCUT2D eigenvalue weighted by Gasteiger charge is 2.26. The van der Waals surface area contributed by atoms with E-state index in [4.69, 9.17) is 9.47 Å². The van der Waals surface area contributed by atoms with E-state index in [0.717, 1.165) is 38.3 Å². The maximum Gasteiger partial charge on any atom is 0.249 e. The van der Waals surface area contributed by atoms with Crippen LogP contribution in [-0.4, -0.2) is 44.9 Å². The summed E-state index contributed by atoms with van der Waals surface area (Å²) in [5, 5.41) is 3.14. The largest absolute Gasteiger partial charge is 0.497 e. The van der Waals surface area contributed by atoms with Crippen molar-refractivity contribution in [2.24, 2.45) is 5.92 Å². The van der Waals surface area contributed by atoms with E-state index < -0.39 is 0 Å². The van der Waals surface area contributed by atoms with Crippen molar-refractivity contribution in [3.05, 3.63) is 24.3 Å². The Kier molecular flexibility index (Phi) is 5.61. The number of amides is 1. The summed E-state index contributed by atoms with van der Waals surface area (Å²) in [5.41, 5.74) is 1.18. The van der Waals surface area contributed by atoms with Crippen LogP contribution in [0.5, 0.6) is 5.75 Å².